The van der Waals surface area contributed by atoms with Gasteiger partial charge in [0.15, 0.2) is 0 Å². The molecule has 2 rings (SSSR count). The number of rotatable bonds is 1. The van der Waals surface area contributed by atoms with E-state index in [1.54, 1.807) is 6.20 Å². The molecular formula is C9H7BrN2. The van der Waals surface area contributed by atoms with Crippen LogP contribution in [0.15, 0.2) is 41.1 Å². The number of aromatic nitrogens is 2. The molecule has 0 radical (unpaired) electrons. The SMILES string of the molecule is Brc1ccc(-c2ccccn2)[nH]1. The highest BCUT2D eigenvalue weighted by molar-refractivity contribution is 9.10. The van der Waals surface area contributed by atoms with Crippen LogP contribution in [0.2, 0.25) is 0 Å². The van der Waals surface area contributed by atoms with Crippen LogP contribution < -0.4 is 0 Å². The molecule has 0 aliphatic rings. The molecule has 60 valence electrons. The molecule has 0 bridgehead atoms. The minimum Gasteiger partial charge on any atom is -0.348 e. The Balaban J connectivity index is 2.45. The zero-order chi connectivity index (χ0) is 8.39. The Morgan fingerprint density at radius 2 is 2.08 bits per heavy atom. The Bertz CT molecular complexity index is 367. The van der Waals surface area contributed by atoms with Crippen molar-refractivity contribution < 1.29 is 0 Å². The summed E-state index contributed by atoms with van der Waals surface area (Å²) < 4.78 is 0.975. The molecule has 0 aliphatic heterocycles. The fourth-order valence-corrected chi connectivity index (χ4v) is 1.39. The van der Waals surface area contributed by atoms with Crippen molar-refractivity contribution in [1.82, 2.24) is 9.97 Å². The third-order valence-electron chi connectivity index (χ3n) is 1.59. The summed E-state index contributed by atoms with van der Waals surface area (Å²) in [5.41, 5.74) is 1.99. The first-order valence-electron chi connectivity index (χ1n) is 3.62. The predicted molar refractivity (Wildman–Crippen MR) is 51.7 cm³/mol. The van der Waals surface area contributed by atoms with Crippen molar-refractivity contribution in [2.24, 2.45) is 0 Å². The lowest BCUT2D eigenvalue weighted by atomic mass is 10.3. The molecule has 2 heterocycles. The monoisotopic (exact) mass is 222 g/mol. The number of hydrogen-bond donors (Lipinski definition) is 1. The van der Waals surface area contributed by atoms with E-state index in [9.17, 15) is 0 Å². The molecule has 0 saturated carbocycles. The van der Waals surface area contributed by atoms with Crippen molar-refractivity contribution in [3.05, 3.63) is 41.1 Å². The van der Waals surface area contributed by atoms with Crippen LogP contribution in [-0.4, -0.2) is 9.97 Å². The van der Waals surface area contributed by atoms with Crippen molar-refractivity contribution in [3.63, 3.8) is 0 Å². The van der Waals surface area contributed by atoms with Gasteiger partial charge in [-0.05, 0) is 40.2 Å². The van der Waals surface area contributed by atoms with Gasteiger partial charge in [-0.25, -0.2) is 0 Å². The lowest BCUT2D eigenvalue weighted by Gasteiger charge is -1.93. The fraction of sp³-hybridized carbons (Fsp3) is 0. The van der Waals surface area contributed by atoms with Gasteiger partial charge in [0.2, 0.25) is 0 Å². The van der Waals surface area contributed by atoms with E-state index in [1.807, 2.05) is 30.3 Å². The number of halogens is 1. The highest BCUT2D eigenvalue weighted by Gasteiger charge is 1.98. The van der Waals surface area contributed by atoms with Gasteiger partial charge < -0.3 is 4.98 Å². The molecule has 12 heavy (non-hydrogen) atoms. The maximum atomic E-state index is 4.21. The Kier molecular flexibility index (Phi) is 1.96. The molecule has 0 fully saturated rings. The van der Waals surface area contributed by atoms with Crippen molar-refractivity contribution >= 4 is 15.9 Å². The summed E-state index contributed by atoms with van der Waals surface area (Å²) in [7, 11) is 0. The molecule has 2 aromatic heterocycles. The van der Waals surface area contributed by atoms with Crippen LogP contribution in [0.5, 0.6) is 0 Å². The maximum absolute atomic E-state index is 4.21. The van der Waals surface area contributed by atoms with E-state index in [-0.39, 0.29) is 0 Å². The van der Waals surface area contributed by atoms with Gasteiger partial charge in [0.05, 0.1) is 16.0 Å². The molecule has 3 heteroatoms. The van der Waals surface area contributed by atoms with Gasteiger partial charge in [0.25, 0.3) is 0 Å². The van der Waals surface area contributed by atoms with E-state index in [1.165, 1.54) is 0 Å². The summed E-state index contributed by atoms with van der Waals surface area (Å²) in [6.07, 6.45) is 1.78. The van der Waals surface area contributed by atoms with Crippen LogP contribution in [0, 0.1) is 0 Å². The van der Waals surface area contributed by atoms with Crippen molar-refractivity contribution in [3.8, 4) is 11.4 Å². The van der Waals surface area contributed by atoms with Crippen LogP contribution in [0.4, 0.5) is 0 Å². The van der Waals surface area contributed by atoms with Gasteiger partial charge in [0.1, 0.15) is 0 Å². The third-order valence-corrected chi connectivity index (χ3v) is 2.05. The minimum absolute atomic E-state index is 0.961. The lowest BCUT2D eigenvalue weighted by molar-refractivity contribution is 1.27. The first kappa shape index (κ1) is 7.55. The molecule has 2 nitrogen and oxygen atoms in total. The smallest absolute Gasteiger partial charge is 0.0864 e. The highest BCUT2D eigenvalue weighted by atomic mass is 79.9. The molecular weight excluding hydrogens is 216 g/mol. The molecule has 0 amide bonds. The average Bonchev–Trinajstić information content (AvgIpc) is 2.54. The zero-order valence-electron chi connectivity index (χ0n) is 6.29. The summed E-state index contributed by atoms with van der Waals surface area (Å²) in [5, 5.41) is 0. The van der Waals surface area contributed by atoms with Crippen LogP contribution >= 0.6 is 15.9 Å². The summed E-state index contributed by atoms with van der Waals surface area (Å²) in [4.78, 5) is 7.36. The van der Waals surface area contributed by atoms with Crippen molar-refractivity contribution in [2.45, 2.75) is 0 Å². The number of nitrogens with zero attached hydrogens (tertiary/aromatic N) is 1. The number of hydrogen-bond acceptors (Lipinski definition) is 1. The molecule has 0 aliphatic carbocycles. The largest absolute Gasteiger partial charge is 0.348 e. The first-order valence-corrected chi connectivity index (χ1v) is 4.41. The van der Waals surface area contributed by atoms with Crippen LogP contribution in [-0.2, 0) is 0 Å². The molecule has 2 aromatic rings. The maximum Gasteiger partial charge on any atom is 0.0864 e. The van der Waals surface area contributed by atoms with E-state index < -0.39 is 0 Å². The summed E-state index contributed by atoms with van der Waals surface area (Å²) in [5.74, 6) is 0. The Morgan fingerprint density at radius 3 is 2.67 bits per heavy atom. The summed E-state index contributed by atoms with van der Waals surface area (Å²) >= 11 is 3.35. The van der Waals surface area contributed by atoms with E-state index >= 15 is 0 Å². The first-order chi connectivity index (χ1) is 5.86. The van der Waals surface area contributed by atoms with Gasteiger partial charge in [-0.2, -0.15) is 0 Å². The van der Waals surface area contributed by atoms with Gasteiger partial charge in [-0.3, -0.25) is 4.98 Å². The quantitative estimate of drug-likeness (QED) is 0.791. The third kappa shape index (κ3) is 1.41. The van der Waals surface area contributed by atoms with E-state index in [0.29, 0.717) is 0 Å². The van der Waals surface area contributed by atoms with Crippen LogP contribution in [0.3, 0.4) is 0 Å². The van der Waals surface area contributed by atoms with Gasteiger partial charge >= 0.3 is 0 Å². The van der Waals surface area contributed by atoms with Gasteiger partial charge in [0, 0.05) is 6.20 Å². The lowest BCUT2D eigenvalue weighted by Crippen LogP contribution is -1.80. The second-order valence-corrected chi connectivity index (χ2v) is 3.29. The molecule has 0 unspecified atom stereocenters. The van der Waals surface area contributed by atoms with Gasteiger partial charge in [-0.1, -0.05) is 6.07 Å². The Morgan fingerprint density at radius 1 is 1.17 bits per heavy atom. The summed E-state index contributed by atoms with van der Waals surface area (Å²) in [6.45, 7) is 0. The van der Waals surface area contributed by atoms with E-state index in [4.69, 9.17) is 0 Å². The van der Waals surface area contributed by atoms with Crippen LogP contribution in [0.25, 0.3) is 11.4 Å². The van der Waals surface area contributed by atoms with Crippen molar-refractivity contribution in [2.75, 3.05) is 0 Å². The number of aromatic amines is 1. The molecule has 0 aromatic carbocycles. The van der Waals surface area contributed by atoms with E-state index in [0.717, 1.165) is 16.0 Å². The topological polar surface area (TPSA) is 28.7 Å². The molecule has 1 N–H and O–H groups in total. The fourth-order valence-electron chi connectivity index (χ4n) is 1.04. The van der Waals surface area contributed by atoms with E-state index in [2.05, 4.69) is 25.9 Å². The number of H-pyrrole nitrogens is 1. The van der Waals surface area contributed by atoms with Gasteiger partial charge in [-0.15, -0.1) is 0 Å². The molecule has 0 spiro atoms. The number of nitrogens with one attached hydrogen (secondary N) is 1. The second-order valence-electron chi connectivity index (χ2n) is 2.43. The highest BCUT2D eigenvalue weighted by Crippen LogP contribution is 2.17. The van der Waals surface area contributed by atoms with Crippen LogP contribution in [0.1, 0.15) is 0 Å². The second kappa shape index (κ2) is 3.11. The predicted octanol–water partition coefficient (Wildman–Crippen LogP) is 2.84. The minimum atomic E-state index is 0.961. The Labute approximate surface area is 78.8 Å². The zero-order valence-corrected chi connectivity index (χ0v) is 7.88. The van der Waals surface area contributed by atoms with Crippen molar-refractivity contribution in [1.29, 1.82) is 0 Å². The standard InChI is InChI=1S/C9H7BrN2/c10-9-5-4-8(12-9)7-3-1-2-6-11-7/h1-6,12H. The average molecular weight is 223 g/mol. The number of pyridine rings is 1. The molecule has 0 atom stereocenters. The molecule has 0 saturated heterocycles. The summed E-state index contributed by atoms with van der Waals surface area (Å²) in [6, 6.07) is 9.80. The Hall–Kier alpha value is -1.09. The normalized spacial score (nSPS) is 10.1.